The van der Waals surface area contributed by atoms with Crippen molar-refractivity contribution in [3.05, 3.63) is 42.0 Å². The Bertz CT molecular complexity index is 505. The highest BCUT2D eigenvalue weighted by molar-refractivity contribution is 5.91. The molecule has 3 heteroatoms. The Kier molecular flexibility index (Phi) is 5.28. The monoisotopic (exact) mass is 298 g/mol. The molecular formula is C19H26N2O. The molecule has 2 atom stereocenters. The van der Waals surface area contributed by atoms with Crippen LogP contribution in [0.5, 0.6) is 0 Å². The third-order valence-electron chi connectivity index (χ3n) is 4.90. The fourth-order valence-corrected chi connectivity index (χ4v) is 3.66. The molecule has 1 aromatic carbocycles. The lowest BCUT2D eigenvalue weighted by Gasteiger charge is -2.38. The topological polar surface area (TPSA) is 32.3 Å². The van der Waals surface area contributed by atoms with Gasteiger partial charge in [0.05, 0.1) is 0 Å². The summed E-state index contributed by atoms with van der Waals surface area (Å²) in [5, 5.41) is 3.65. The van der Waals surface area contributed by atoms with Crippen molar-refractivity contribution in [1.29, 1.82) is 0 Å². The predicted molar refractivity (Wildman–Crippen MR) is 90.4 cm³/mol. The predicted octanol–water partition coefficient (Wildman–Crippen LogP) is 3.08. The number of nitrogens with zero attached hydrogens (tertiary/aromatic N) is 1. The minimum absolute atomic E-state index is 0.157. The van der Waals surface area contributed by atoms with E-state index in [4.69, 9.17) is 0 Å². The van der Waals surface area contributed by atoms with E-state index in [1.165, 1.54) is 25.7 Å². The first-order valence-electron chi connectivity index (χ1n) is 8.58. The van der Waals surface area contributed by atoms with Crippen LogP contribution in [0.25, 0.3) is 6.08 Å². The van der Waals surface area contributed by atoms with E-state index in [1.54, 1.807) is 6.08 Å². The van der Waals surface area contributed by atoms with Crippen molar-refractivity contribution in [3.63, 3.8) is 0 Å². The zero-order valence-corrected chi connectivity index (χ0v) is 13.2. The van der Waals surface area contributed by atoms with E-state index in [-0.39, 0.29) is 5.91 Å². The highest BCUT2D eigenvalue weighted by Crippen LogP contribution is 2.24. The van der Waals surface area contributed by atoms with Crippen molar-refractivity contribution < 1.29 is 4.79 Å². The van der Waals surface area contributed by atoms with Crippen LogP contribution in [0.4, 0.5) is 0 Å². The Balaban J connectivity index is 1.57. The lowest BCUT2D eigenvalue weighted by atomic mass is 9.86. The number of hydrogen-bond acceptors (Lipinski definition) is 2. The van der Waals surface area contributed by atoms with E-state index in [0.717, 1.165) is 31.6 Å². The van der Waals surface area contributed by atoms with Gasteiger partial charge < -0.3 is 10.2 Å². The zero-order valence-electron chi connectivity index (χ0n) is 13.2. The highest BCUT2D eigenvalue weighted by Gasteiger charge is 2.29. The largest absolute Gasteiger partial charge is 0.339 e. The van der Waals surface area contributed by atoms with E-state index in [9.17, 15) is 4.79 Å². The number of likely N-dealkylation sites (tertiary alicyclic amines) is 1. The fraction of sp³-hybridized carbons (Fsp3) is 0.526. The molecule has 2 heterocycles. The third-order valence-corrected chi connectivity index (χ3v) is 4.90. The van der Waals surface area contributed by atoms with Gasteiger partial charge in [-0.05, 0) is 49.8 Å². The van der Waals surface area contributed by atoms with Gasteiger partial charge in [0.1, 0.15) is 0 Å². The van der Waals surface area contributed by atoms with Crippen LogP contribution < -0.4 is 5.32 Å². The van der Waals surface area contributed by atoms with Crippen molar-refractivity contribution >= 4 is 12.0 Å². The van der Waals surface area contributed by atoms with Gasteiger partial charge in [0.25, 0.3) is 0 Å². The van der Waals surface area contributed by atoms with Crippen molar-refractivity contribution in [3.8, 4) is 0 Å². The van der Waals surface area contributed by atoms with Crippen molar-refractivity contribution in [1.82, 2.24) is 10.2 Å². The Morgan fingerprint density at radius 1 is 1.14 bits per heavy atom. The van der Waals surface area contributed by atoms with Gasteiger partial charge >= 0.3 is 0 Å². The highest BCUT2D eigenvalue weighted by atomic mass is 16.2. The van der Waals surface area contributed by atoms with Gasteiger partial charge in [-0.3, -0.25) is 4.79 Å². The molecule has 0 bridgehead atoms. The van der Waals surface area contributed by atoms with E-state index >= 15 is 0 Å². The summed E-state index contributed by atoms with van der Waals surface area (Å²) in [6.07, 6.45) is 9.93. The van der Waals surface area contributed by atoms with Gasteiger partial charge in [-0.25, -0.2) is 0 Å². The number of carbonyl (C=O) groups is 1. The van der Waals surface area contributed by atoms with Gasteiger partial charge in [0.2, 0.25) is 5.91 Å². The summed E-state index contributed by atoms with van der Waals surface area (Å²) in [5.41, 5.74) is 1.08. The molecule has 1 amide bonds. The molecule has 0 aromatic heterocycles. The molecule has 0 saturated carbocycles. The molecule has 0 radical (unpaired) electrons. The van der Waals surface area contributed by atoms with Gasteiger partial charge in [-0.15, -0.1) is 0 Å². The zero-order chi connectivity index (χ0) is 15.2. The van der Waals surface area contributed by atoms with Crippen LogP contribution in [0.3, 0.4) is 0 Å². The van der Waals surface area contributed by atoms with Crippen molar-refractivity contribution in [2.75, 3.05) is 19.6 Å². The normalized spacial score (nSPS) is 26.3. The molecule has 2 saturated heterocycles. The molecule has 3 rings (SSSR count). The first-order valence-corrected chi connectivity index (χ1v) is 8.58. The van der Waals surface area contributed by atoms with Gasteiger partial charge in [-0.1, -0.05) is 36.8 Å². The van der Waals surface area contributed by atoms with Crippen LogP contribution in [0.15, 0.2) is 36.4 Å². The summed E-state index contributed by atoms with van der Waals surface area (Å²) in [4.78, 5) is 14.5. The molecule has 1 aromatic rings. The molecule has 118 valence electrons. The molecule has 0 aliphatic carbocycles. The van der Waals surface area contributed by atoms with Crippen molar-refractivity contribution in [2.45, 2.75) is 38.1 Å². The van der Waals surface area contributed by atoms with Gasteiger partial charge in [-0.2, -0.15) is 0 Å². The van der Waals surface area contributed by atoms with Crippen LogP contribution in [0, 0.1) is 5.92 Å². The van der Waals surface area contributed by atoms with Crippen molar-refractivity contribution in [2.24, 2.45) is 5.92 Å². The second-order valence-electron chi connectivity index (χ2n) is 6.49. The molecule has 2 fully saturated rings. The summed E-state index contributed by atoms with van der Waals surface area (Å²) < 4.78 is 0. The summed E-state index contributed by atoms with van der Waals surface area (Å²) in [6.45, 7) is 2.96. The lowest BCUT2D eigenvalue weighted by molar-refractivity contribution is -0.128. The van der Waals surface area contributed by atoms with Crippen LogP contribution in [0.1, 0.15) is 37.7 Å². The first kappa shape index (κ1) is 15.3. The van der Waals surface area contributed by atoms with E-state index in [0.29, 0.717) is 12.0 Å². The lowest BCUT2D eigenvalue weighted by Crippen LogP contribution is -2.48. The molecular weight excluding hydrogens is 272 g/mol. The molecule has 1 N–H and O–H groups in total. The van der Waals surface area contributed by atoms with Gasteiger partial charge in [0.15, 0.2) is 0 Å². The first-order chi connectivity index (χ1) is 10.8. The van der Waals surface area contributed by atoms with Crippen LogP contribution in [0.2, 0.25) is 0 Å². The van der Waals surface area contributed by atoms with E-state index < -0.39 is 0 Å². The second-order valence-corrected chi connectivity index (χ2v) is 6.49. The second kappa shape index (κ2) is 7.59. The third kappa shape index (κ3) is 3.98. The number of rotatable bonds is 3. The average Bonchev–Trinajstić information content (AvgIpc) is 2.61. The standard InChI is InChI=1S/C19H26N2O/c22-19(12-11-16-7-2-1-3-8-16)21-14-6-9-17(15-21)18-10-4-5-13-20-18/h1-3,7-8,11-12,17-18,20H,4-6,9-10,13-15H2/b12-11-/t17-,18+/m1/s1. The summed E-state index contributed by atoms with van der Waals surface area (Å²) in [5.74, 6) is 0.785. The Morgan fingerprint density at radius 3 is 2.77 bits per heavy atom. The minimum atomic E-state index is 0.157. The van der Waals surface area contributed by atoms with E-state index in [1.807, 2.05) is 41.3 Å². The number of benzene rings is 1. The van der Waals surface area contributed by atoms with Crippen LogP contribution in [-0.2, 0) is 4.79 Å². The van der Waals surface area contributed by atoms with Crippen LogP contribution in [-0.4, -0.2) is 36.5 Å². The van der Waals surface area contributed by atoms with Crippen LogP contribution >= 0.6 is 0 Å². The number of carbonyl (C=O) groups excluding carboxylic acids is 1. The fourth-order valence-electron chi connectivity index (χ4n) is 3.66. The SMILES string of the molecule is O=C(/C=C\c1ccccc1)N1CCC[C@@H]([C@@H]2CCCCN2)C1. The molecule has 0 spiro atoms. The van der Waals surface area contributed by atoms with E-state index in [2.05, 4.69) is 5.32 Å². The maximum absolute atomic E-state index is 12.4. The summed E-state index contributed by atoms with van der Waals surface area (Å²) in [7, 11) is 0. The molecule has 3 nitrogen and oxygen atoms in total. The average molecular weight is 298 g/mol. The number of amides is 1. The summed E-state index contributed by atoms with van der Waals surface area (Å²) >= 11 is 0. The molecule has 2 aliphatic heterocycles. The maximum Gasteiger partial charge on any atom is 0.246 e. The number of nitrogens with one attached hydrogen (secondary N) is 1. The maximum atomic E-state index is 12.4. The number of hydrogen-bond donors (Lipinski definition) is 1. The summed E-state index contributed by atoms with van der Waals surface area (Å²) in [6, 6.07) is 10.6. The number of piperidine rings is 2. The van der Waals surface area contributed by atoms with Gasteiger partial charge in [0, 0.05) is 25.2 Å². The molecule has 2 aliphatic rings. The minimum Gasteiger partial charge on any atom is -0.339 e. The Labute approximate surface area is 133 Å². The Morgan fingerprint density at radius 2 is 2.00 bits per heavy atom. The molecule has 0 unspecified atom stereocenters. The Hall–Kier alpha value is -1.61. The quantitative estimate of drug-likeness (QED) is 0.870. The smallest absolute Gasteiger partial charge is 0.246 e. The molecule has 22 heavy (non-hydrogen) atoms.